The van der Waals surface area contributed by atoms with Crippen molar-refractivity contribution in [1.29, 1.82) is 0 Å². The second-order valence-corrected chi connectivity index (χ2v) is 1.40. The zero-order valence-corrected chi connectivity index (χ0v) is 3.63. The van der Waals surface area contributed by atoms with Crippen LogP contribution in [0.1, 0.15) is 6.42 Å². The van der Waals surface area contributed by atoms with E-state index in [2.05, 4.69) is 9.78 Å². The van der Waals surface area contributed by atoms with Crippen LogP contribution in [0.3, 0.4) is 0 Å². The molecule has 1 aliphatic heterocycles. The third-order valence-electron chi connectivity index (χ3n) is 0.703. The highest BCUT2D eigenvalue weighted by Gasteiger charge is 2.31. The largest absolute Gasteiger partial charge is 0.342 e. The lowest BCUT2D eigenvalue weighted by Crippen LogP contribution is -2.25. The molecule has 4 nitrogen and oxygen atoms in total. The van der Waals surface area contributed by atoms with Crippen molar-refractivity contribution >= 4 is 0 Å². The first-order valence-electron chi connectivity index (χ1n) is 1.96. The minimum atomic E-state index is -2.03. The molecule has 0 unspecified atom stereocenters. The van der Waals surface area contributed by atoms with E-state index in [1.54, 1.807) is 0 Å². The quantitative estimate of drug-likeness (QED) is 0.306. The maximum Gasteiger partial charge on any atom is 0.309 e. The predicted molar refractivity (Wildman–Crippen MR) is 18.8 cm³/mol. The summed E-state index contributed by atoms with van der Waals surface area (Å²) in [4.78, 5) is 8.11. The second-order valence-electron chi connectivity index (χ2n) is 1.40. The summed E-state index contributed by atoms with van der Waals surface area (Å²) in [7, 11) is 0. The van der Waals surface area contributed by atoms with Crippen molar-refractivity contribution in [3.63, 3.8) is 0 Å². The molecule has 0 aliphatic carbocycles. The van der Waals surface area contributed by atoms with E-state index in [4.69, 9.17) is 10.2 Å². The Labute approximate surface area is 40.2 Å². The average Bonchev–Trinajstić information content (AvgIpc) is 1.84. The first-order valence-corrected chi connectivity index (χ1v) is 1.96. The molecule has 0 aromatic rings. The van der Waals surface area contributed by atoms with Crippen molar-refractivity contribution in [2.24, 2.45) is 0 Å². The van der Waals surface area contributed by atoms with Crippen LogP contribution in [-0.4, -0.2) is 22.8 Å². The first kappa shape index (κ1) is 4.99. The molecule has 0 spiro atoms. The molecule has 42 valence electrons. The molecule has 1 heterocycles. The number of aliphatic hydroxyl groups is 2. The van der Waals surface area contributed by atoms with Gasteiger partial charge < -0.3 is 10.2 Å². The molecule has 0 amide bonds. The van der Waals surface area contributed by atoms with Crippen LogP contribution in [0.15, 0.2) is 0 Å². The molecule has 0 saturated carbocycles. The second kappa shape index (κ2) is 1.41. The Morgan fingerprint density at radius 2 is 2.14 bits per heavy atom. The Morgan fingerprint density at radius 1 is 1.43 bits per heavy atom. The van der Waals surface area contributed by atoms with E-state index in [1.165, 1.54) is 0 Å². The van der Waals surface area contributed by atoms with Crippen LogP contribution >= 0.6 is 0 Å². The summed E-state index contributed by atoms with van der Waals surface area (Å²) in [6.07, 6.45) is 0.118. The van der Waals surface area contributed by atoms with Crippen LogP contribution < -0.4 is 0 Å². The monoisotopic (exact) mass is 106 g/mol. The molecule has 1 fully saturated rings. The predicted octanol–water partition coefficient (Wildman–Crippen LogP) is -1.02. The average molecular weight is 106 g/mol. The summed E-state index contributed by atoms with van der Waals surface area (Å²) in [5.41, 5.74) is 0. The Balaban J connectivity index is 2.40. The van der Waals surface area contributed by atoms with Crippen molar-refractivity contribution in [3.8, 4) is 0 Å². The maximum atomic E-state index is 8.40. The zero-order valence-electron chi connectivity index (χ0n) is 3.63. The van der Waals surface area contributed by atoms with E-state index in [-0.39, 0.29) is 13.0 Å². The molecule has 0 bridgehead atoms. The molecular weight excluding hydrogens is 100 g/mol. The fourth-order valence-electron chi connectivity index (χ4n) is 0.352. The van der Waals surface area contributed by atoms with E-state index in [1.807, 2.05) is 0 Å². The highest BCUT2D eigenvalue weighted by Crippen LogP contribution is 2.14. The summed E-state index contributed by atoms with van der Waals surface area (Å²) >= 11 is 0. The van der Waals surface area contributed by atoms with Gasteiger partial charge in [0, 0.05) is 0 Å². The van der Waals surface area contributed by atoms with Gasteiger partial charge in [-0.05, 0) is 0 Å². The van der Waals surface area contributed by atoms with Gasteiger partial charge in [0.1, 0.15) is 0 Å². The van der Waals surface area contributed by atoms with Gasteiger partial charge >= 0.3 is 5.97 Å². The fraction of sp³-hybridized carbons (Fsp3) is 1.00. The van der Waals surface area contributed by atoms with Gasteiger partial charge in [-0.15, -0.1) is 0 Å². The molecule has 0 aromatic heterocycles. The van der Waals surface area contributed by atoms with Gasteiger partial charge in [0.25, 0.3) is 0 Å². The highest BCUT2D eigenvalue weighted by atomic mass is 17.3. The van der Waals surface area contributed by atoms with Crippen molar-refractivity contribution in [1.82, 2.24) is 0 Å². The standard InChI is InChI=1S/C3H6O4/c4-3(5)1-2-6-7-3/h4-5H,1-2H2. The lowest BCUT2D eigenvalue weighted by molar-refractivity contribution is -0.439. The van der Waals surface area contributed by atoms with E-state index in [0.29, 0.717) is 0 Å². The van der Waals surface area contributed by atoms with Gasteiger partial charge in [-0.3, -0.25) is 0 Å². The summed E-state index contributed by atoms with van der Waals surface area (Å²) in [5, 5.41) is 16.8. The zero-order chi connectivity index (χ0) is 5.33. The molecule has 4 heteroatoms. The van der Waals surface area contributed by atoms with Crippen molar-refractivity contribution < 1.29 is 20.0 Å². The van der Waals surface area contributed by atoms with Gasteiger partial charge in [-0.25, -0.2) is 4.89 Å². The maximum absolute atomic E-state index is 8.40. The Morgan fingerprint density at radius 3 is 2.29 bits per heavy atom. The smallest absolute Gasteiger partial charge is 0.309 e. The molecular formula is C3H6O4. The van der Waals surface area contributed by atoms with E-state index in [0.717, 1.165) is 0 Å². The highest BCUT2D eigenvalue weighted by molar-refractivity contribution is 4.49. The molecule has 7 heavy (non-hydrogen) atoms. The molecule has 1 rings (SSSR count). The summed E-state index contributed by atoms with van der Waals surface area (Å²) < 4.78 is 0. The number of hydrogen-bond donors (Lipinski definition) is 2. The first-order chi connectivity index (χ1) is 3.21. The van der Waals surface area contributed by atoms with E-state index < -0.39 is 5.97 Å². The Hall–Kier alpha value is -0.160. The molecule has 0 radical (unpaired) electrons. The van der Waals surface area contributed by atoms with Crippen molar-refractivity contribution in [2.75, 3.05) is 6.61 Å². The van der Waals surface area contributed by atoms with Gasteiger partial charge in [0.15, 0.2) is 0 Å². The SMILES string of the molecule is OC1(O)CCOO1. The van der Waals surface area contributed by atoms with Crippen LogP contribution in [0.5, 0.6) is 0 Å². The Kier molecular flexibility index (Phi) is 1.01. The van der Waals surface area contributed by atoms with Crippen molar-refractivity contribution in [3.05, 3.63) is 0 Å². The lowest BCUT2D eigenvalue weighted by Gasteiger charge is -2.07. The summed E-state index contributed by atoms with van der Waals surface area (Å²) in [6.45, 7) is 0.243. The molecule has 0 atom stereocenters. The number of rotatable bonds is 0. The number of hydrogen-bond acceptors (Lipinski definition) is 4. The fourth-order valence-corrected chi connectivity index (χ4v) is 0.352. The minimum Gasteiger partial charge on any atom is -0.342 e. The van der Waals surface area contributed by atoms with Crippen LogP contribution in [0.25, 0.3) is 0 Å². The summed E-state index contributed by atoms with van der Waals surface area (Å²) in [6, 6.07) is 0. The van der Waals surface area contributed by atoms with Gasteiger partial charge in [0.05, 0.1) is 13.0 Å². The van der Waals surface area contributed by atoms with E-state index >= 15 is 0 Å². The molecule has 1 saturated heterocycles. The van der Waals surface area contributed by atoms with Gasteiger partial charge in [-0.2, -0.15) is 4.89 Å². The molecule has 1 aliphatic rings. The van der Waals surface area contributed by atoms with Gasteiger partial charge in [0.2, 0.25) is 0 Å². The third kappa shape index (κ3) is 1.10. The van der Waals surface area contributed by atoms with Gasteiger partial charge in [-0.1, -0.05) is 0 Å². The lowest BCUT2D eigenvalue weighted by atomic mass is 10.4. The van der Waals surface area contributed by atoms with Crippen LogP contribution in [0.4, 0.5) is 0 Å². The normalized spacial score (nSPS) is 28.3. The van der Waals surface area contributed by atoms with Crippen molar-refractivity contribution in [2.45, 2.75) is 12.4 Å². The van der Waals surface area contributed by atoms with Crippen LogP contribution in [0.2, 0.25) is 0 Å². The third-order valence-corrected chi connectivity index (χ3v) is 0.703. The Bertz CT molecular complexity index is 61.3. The van der Waals surface area contributed by atoms with Crippen LogP contribution in [0, 0.1) is 0 Å². The topological polar surface area (TPSA) is 58.9 Å². The minimum absolute atomic E-state index is 0.118. The van der Waals surface area contributed by atoms with Crippen LogP contribution in [-0.2, 0) is 9.78 Å². The van der Waals surface area contributed by atoms with E-state index in [9.17, 15) is 0 Å². The molecule has 0 aromatic carbocycles. The summed E-state index contributed by atoms with van der Waals surface area (Å²) in [5.74, 6) is -2.03. The molecule has 2 N–H and O–H groups in total.